The molecule has 1 saturated heterocycles. The van der Waals surface area contributed by atoms with E-state index in [0.29, 0.717) is 12.4 Å². The van der Waals surface area contributed by atoms with Crippen molar-refractivity contribution >= 4 is 45.0 Å². The van der Waals surface area contributed by atoms with Crippen molar-refractivity contribution in [2.45, 2.75) is 154 Å². The van der Waals surface area contributed by atoms with E-state index in [-0.39, 0.29) is 32.4 Å². The van der Waals surface area contributed by atoms with Gasteiger partial charge in [0.2, 0.25) is 11.8 Å². The van der Waals surface area contributed by atoms with Crippen molar-refractivity contribution in [3.05, 3.63) is 35.0 Å². The number of hydrogen-bond donors (Lipinski definition) is 3. The predicted octanol–water partition coefficient (Wildman–Crippen LogP) is 8.18. The molecule has 1 aromatic carbocycles. The van der Waals surface area contributed by atoms with Gasteiger partial charge in [0.1, 0.15) is 17.8 Å². The molecule has 3 atom stereocenters. The number of aliphatic hydroxyl groups is 1. The first-order valence-corrected chi connectivity index (χ1v) is 21.3. The average molecular weight is 808 g/mol. The van der Waals surface area contributed by atoms with E-state index in [1.165, 1.54) is 69.1 Å². The number of aryl methyl sites for hydroxylation is 1. The van der Waals surface area contributed by atoms with Crippen LogP contribution in [-0.2, 0) is 20.9 Å². The van der Waals surface area contributed by atoms with Crippen molar-refractivity contribution in [1.29, 1.82) is 0 Å². The Morgan fingerprint density at radius 2 is 1.65 bits per heavy atom. The third kappa shape index (κ3) is 12.5. The molecule has 3 N–H and O–H groups in total. The second-order valence-electron chi connectivity index (χ2n) is 15.7. The van der Waals surface area contributed by atoms with E-state index in [0.717, 1.165) is 39.9 Å². The van der Waals surface area contributed by atoms with Crippen molar-refractivity contribution in [3.8, 4) is 16.2 Å². The molecule has 0 radical (unpaired) electrons. The summed E-state index contributed by atoms with van der Waals surface area (Å²) in [6, 6.07) is 3.97. The van der Waals surface area contributed by atoms with Crippen LogP contribution in [-0.4, -0.2) is 75.1 Å². The standard InChI is InChI=1S/C40H60BrFN4O5S/c1-28-34(52-27-44-28)29-17-18-30(33(23-29)51-22-16-14-12-10-8-6-5-7-9-11-13-15-21-41)25-43-36(48)32-24-31(47)26-46(32)37(49)35(39(2,3)4)45-38(50)40(42)19-20-40/h17-18,23,27,31-32,35,47H,5-16,19-22,24-26H2,1-4H3,(H,43,48)(H,45,50)/t31-,32+,35?/m1/s1. The Hall–Kier alpha value is -2.57. The van der Waals surface area contributed by atoms with Gasteiger partial charge < -0.3 is 25.4 Å². The van der Waals surface area contributed by atoms with Crippen LogP contribution in [0.5, 0.6) is 5.75 Å². The summed E-state index contributed by atoms with van der Waals surface area (Å²) in [6.45, 7) is 8.02. The SMILES string of the molecule is Cc1ncsc1-c1ccc(CNC(=O)[C@@H]2C[C@@H](O)CN2C(=O)C(NC(=O)C2(F)CC2)C(C)(C)C)c(OCCCCCCCCCCCCCCBr)c1. The number of nitrogens with one attached hydrogen (secondary N) is 2. The Kier molecular flexibility index (Phi) is 16.4. The van der Waals surface area contributed by atoms with E-state index < -0.39 is 47.0 Å². The molecule has 4 rings (SSSR count). The lowest BCUT2D eigenvalue weighted by Gasteiger charge is -2.35. The van der Waals surface area contributed by atoms with Gasteiger partial charge in [0.05, 0.1) is 28.8 Å². The Morgan fingerprint density at radius 1 is 1.04 bits per heavy atom. The largest absolute Gasteiger partial charge is 0.493 e. The molecule has 52 heavy (non-hydrogen) atoms. The summed E-state index contributed by atoms with van der Waals surface area (Å²) in [5.41, 5.74) is 1.89. The smallest absolute Gasteiger partial charge is 0.258 e. The number of ether oxygens (including phenoxy) is 1. The number of carbonyl (C=O) groups is 3. The molecule has 1 aliphatic heterocycles. The van der Waals surface area contributed by atoms with Crippen LogP contribution in [0.2, 0.25) is 0 Å². The first-order valence-electron chi connectivity index (χ1n) is 19.3. The van der Waals surface area contributed by atoms with Crippen molar-refractivity contribution < 1.29 is 28.6 Å². The summed E-state index contributed by atoms with van der Waals surface area (Å²) in [6.07, 6.45) is 14.5. The van der Waals surface area contributed by atoms with Gasteiger partial charge in [-0.3, -0.25) is 14.4 Å². The Bertz CT molecular complexity index is 1460. The van der Waals surface area contributed by atoms with E-state index in [4.69, 9.17) is 4.74 Å². The molecular weight excluding hydrogens is 747 g/mol. The maximum Gasteiger partial charge on any atom is 0.258 e. The van der Waals surface area contributed by atoms with Gasteiger partial charge in [-0.15, -0.1) is 11.3 Å². The number of carbonyl (C=O) groups excluding carboxylic acids is 3. The zero-order valence-corrected chi connectivity index (χ0v) is 34.0. The van der Waals surface area contributed by atoms with Gasteiger partial charge >= 0.3 is 0 Å². The molecule has 9 nitrogen and oxygen atoms in total. The highest BCUT2D eigenvalue weighted by molar-refractivity contribution is 9.09. The number of alkyl halides is 2. The number of aromatic nitrogens is 1. The maximum atomic E-state index is 14.5. The lowest BCUT2D eigenvalue weighted by atomic mass is 9.85. The minimum Gasteiger partial charge on any atom is -0.493 e. The molecule has 2 aliphatic rings. The molecule has 2 fully saturated rings. The summed E-state index contributed by atoms with van der Waals surface area (Å²) < 4.78 is 20.9. The van der Waals surface area contributed by atoms with Gasteiger partial charge in [0, 0.05) is 30.4 Å². The predicted molar refractivity (Wildman–Crippen MR) is 209 cm³/mol. The van der Waals surface area contributed by atoms with Crippen LogP contribution in [0.25, 0.3) is 10.4 Å². The lowest BCUT2D eigenvalue weighted by molar-refractivity contribution is -0.145. The maximum absolute atomic E-state index is 14.5. The number of thiazole rings is 1. The minimum absolute atomic E-state index is 0.0464. The normalized spacial score (nSPS) is 18.6. The van der Waals surface area contributed by atoms with E-state index in [1.54, 1.807) is 32.1 Å². The highest BCUT2D eigenvalue weighted by atomic mass is 79.9. The van der Waals surface area contributed by atoms with Crippen LogP contribution in [0.4, 0.5) is 4.39 Å². The summed E-state index contributed by atoms with van der Waals surface area (Å²) >= 11 is 5.07. The van der Waals surface area contributed by atoms with E-state index in [1.807, 2.05) is 30.6 Å². The molecule has 1 aromatic heterocycles. The first-order chi connectivity index (χ1) is 24.8. The highest BCUT2D eigenvalue weighted by Gasteiger charge is 2.53. The van der Waals surface area contributed by atoms with Crippen molar-refractivity contribution in [2.75, 3.05) is 18.5 Å². The molecule has 1 aliphatic carbocycles. The number of halogens is 2. The zero-order chi connectivity index (χ0) is 37.7. The van der Waals surface area contributed by atoms with Gasteiger partial charge in [0.25, 0.3) is 5.91 Å². The molecule has 1 unspecified atom stereocenters. The number of aliphatic hydroxyl groups excluding tert-OH is 1. The Labute approximate surface area is 322 Å². The van der Waals surface area contributed by atoms with Crippen molar-refractivity contribution in [2.24, 2.45) is 5.41 Å². The van der Waals surface area contributed by atoms with Crippen LogP contribution < -0.4 is 15.4 Å². The zero-order valence-electron chi connectivity index (χ0n) is 31.6. The van der Waals surface area contributed by atoms with Gasteiger partial charge in [0.15, 0.2) is 5.67 Å². The van der Waals surface area contributed by atoms with Crippen LogP contribution >= 0.6 is 27.3 Å². The number of benzene rings is 1. The second-order valence-corrected chi connectivity index (χ2v) is 17.4. The quantitative estimate of drug-likeness (QED) is 0.0816. The molecule has 12 heteroatoms. The fourth-order valence-electron chi connectivity index (χ4n) is 6.72. The summed E-state index contributed by atoms with van der Waals surface area (Å²) in [5.74, 6) is -1.02. The summed E-state index contributed by atoms with van der Waals surface area (Å²) in [7, 11) is 0. The van der Waals surface area contributed by atoms with E-state index in [2.05, 4.69) is 31.5 Å². The van der Waals surface area contributed by atoms with Crippen LogP contribution in [0.3, 0.4) is 0 Å². The highest BCUT2D eigenvalue weighted by Crippen LogP contribution is 2.40. The molecule has 290 valence electrons. The number of hydrogen-bond acceptors (Lipinski definition) is 7. The lowest BCUT2D eigenvalue weighted by Crippen LogP contribution is -2.59. The van der Waals surface area contributed by atoms with Crippen LogP contribution in [0.1, 0.15) is 128 Å². The third-order valence-electron chi connectivity index (χ3n) is 10.2. The monoisotopic (exact) mass is 806 g/mol. The Balaban J connectivity index is 1.31. The van der Waals surface area contributed by atoms with E-state index >= 15 is 0 Å². The number of β-amino-alcohol motifs (C(OH)–C–C–N with tert-alkyl or cyclic N) is 1. The summed E-state index contributed by atoms with van der Waals surface area (Å²) in [4.78, 5) is 46.9. The molecule has 0 spiro atoms. The second kappa shape index (κ2) is 20.2. The molecular formula is C40H60BrFN4O5S. The fourth-order valence-corrected chi connectivity index (χ4v) is 7.92. The molecule has 0 bridgehead atoms. The van der Waals surface area contributed by atoms with Gasteiger partial charge in [-0.2, -0.15) is 0 Å². The Morgan fingerprint density at radius 3 is 2.21 bits per heavy atom. The van der Waals surface area contributed by atoms with Gasteiger partial charge in [-0.05, 0) is 49.7 Å². The number of unbranched alkanes of at least 4 members (excludes halogenated alkanes) is 11. The minimum atomic E-state index is -1.94. The number of likely N-dealkylation sites (tertiary alicyclic amines) is 1. The molecule has 2 aromatic rings. The third-order valence-corrected chi connectivity index (χ3v) is 11.7. The van der Waals surface area contributed by atoms with E-state index in [9.17, 15) is 23.9 Å². The molecule has 3 amide bonds. The number of nitrogens with zero attached hydrogens (tertiary/aromatic N) is 2. The average Bonchev–Trinajstić information content (AvgIpc) is 3.51. The van der Waals surface area contributed by atoms with Crippen molar-refractivity contribution in [1.82, 2.24) is 20.5 Å². The number of rotatable bonds is 22. The van der Waals surface area contributed by atoms with Gasteiger partial charge in [-0.1, -0.05) is 113 Å². The summed E-state index contributed by atoms with van der Waals surface area (Å²) in [5, 5.41) is 17.3. The fraction of sp³-hybridized carbons (Fsp3) is 0.700. The van der Waals surface area contributed by atoms with Crippen LogP contribution in [0, 0.1) is 12.3 Å². The first kappa shape index (κ1) is 42.2. The van der Waals surface area contributed by atoms with Crippen molar-refractivity contribution in [3.63, 3.8) is 0 Å². The molecule has 2 heterocycles. The van der Waals surface area contributed by atoms with Gasteiger partial charge in [-0.25, -0.2) is 9.37 Å². The van der Waals surface area contributed by atoms with Crippen LogP contribution in [0.15, 0.2) is 23.7 Å². The topological polar surface area (TPSA) is 121 Å². The molecule has 1 saturated carbocycles. The number of amides is 3.